The Balaban J connectivity index is 1.46. The summed E-state index contributed by atoms with van der Waals surface area (Å²) in [7, 11) is 0. The normalized spacial score (nSPS) is 14.5. The van der Waals surface area contributed by atoms with Crippen LogP contribution in [0.5, 0.6) is 0 Å². The molecule has 0 spiro atoms. The second kappa shape index (κ2) is 7.05. The average molecular weight is 411 g/mol. The Hall–Kier alpha value is -4.01. The first-order chi connectivity index (χ1) is 15.3. The van der Waals surface area contributed by atoms with Crippen LogP contribution in [0, 0.1) is 0 Å². The van der Waals surface area contributed by atoms with Gasteiger partial charge in [0.15, 0.2) is 11.6 Å². The van der Waals surface area contributed by atoms with E-state index in [2.05, 4.69) is 35.0 Å². The van der Waals surface area contributed by atoms with Gasteiger partial charge in [-0.05, 0) is 37.5 Å². The van der Waals surface area contributed by atoms with Gasteiger partial charge in [-0.3, -0.25) is 15.1 Å². The third-order valence-corrected chi connectivity index (χ3v) is 5.76. The number of nitrogens with zero attached hydrogens (tertiary/aromatic N) is 6. The van der Waals surface area contributed by atoms with Crippen LogP contribution in [0.2, 0.25) is 0 Å². The molecule has 9 heteroatoms. The number of nitrogens with two attached hydrogens (primary N) is 1. The minimum Gasteiger partial charge on any atom is -0.397 e. The molecule has 1 saturated heterocycles. The van der Waals surface area contributed by atoms with Crippen LogP contribution in [0.1, 0.15) is 19.3 Å². The van der Waals surface area contributed by atoms with Crippen molar-refractivity contribution in [1.82, 2.24) is 35.1 Å². The van der Waals surface area contributed by atoms with Crippen molar-refractivity contribution in [1.29, 1.82) is 0 Å². The summed E-state index contributed by atoms with van der Waals surface area (Å²) in [5.41, 5.74) is 11.5. The van der Waals surface area contributed by atoms with Crippen LogP contribution >= 0.6 is 0 Å². The van der Waals surface area contributed by atoms with Gasteiger partial charge in [0.25, 0.3) is 0 Å². The molecule has 0 amide bonds. The molecule has 4 N–H and O–H groups in total. The number of hydrogen-bond acceptors (Lipinski definition) is 7. The Morgan fingerprint density at radius 1 is 0.968 bits per heavy atom. The number of H-pyrrole nitrogens is 2. The number of hydrogen-bond donors (Lipinski definition) is 3. The minimum atomic E-state index is 0.599. The quantitative estimate of drug-likeness (QED) is 0.415. The van der Waals surface area contributed by atoms with Crippen molar-refractivity contribution >= 4 is 33.4 Å². The van der Waals surface area contributed by atoms with Crippen molar-refractivity contribution in [3.05, 3.63) is 43.0 Å². The van der Waals surface area contributed by atoms with E-state index in [0.29, 0.717) is 11.5 Å². The van der Waals surface area contributed by atoms with Gasteiger partial charge in [-0.15, -0.1) is 0 Å². The first kappa shape index (κ1) is 17.8. The van der Waals surface area contributed by atoms with Gasteiger partial charge < -0.3 is 15.6 Å². The van der Waals surface area contributed by atoms with Gasteiger partial charge in [0, 0.05) is 42.6 Å². The Morgan fingerprint density at radius 3 is 2.74 bits per heavy atom. The fourth-order valence-corrected chi connectivity index (χ4v) is 4.22. The maximum Gasteiger partial charge on any atom is 0.159 e. The summed E-state index contributed by atoms with van der Waals surface area (Å²) in [6.45, 7) is 2.03. The number of pyridine rings is 3. The Morgan fingerprint density at radius 2 is 1.87 bits per heavy atom. The molecule has 1 fully saturated rings. The minimum absolute atomic E-state index is 0.599. The molecule has 0 unspecified atom stereocenters. The Labute approximate surface area is 177 Å². The second-order valence-corrected chi connectivity index (χ2v) is 7.86. The molecular weight excluding hydrogens is 390 g/mol. The van der Waals surface area contributed by atoms with Crippen molar-refractivity contribution in [3.8, 4) is 22.8 Å². The molecule has 0 saturated carbocycles. The highest BCUT2D eigenvalue weighted by Gasteiger charge is 2.20. The van der Waals surface area contributed by atoms with Gasteiger partial charge in [-0.2, -0.15) is 5.10 Å². The van der Waals surface area contributed by atoms with Crippen LogP contribution in [-0.2, 0) is 0 Å². The number of aromatic nitrogens is 7. The summed E-state index contributed by atoms with van der Waals surface area (Å²) in [5, 5.41) is 8.51. The summed E-state index contributed by atoms with van der Waals surface area (Å²) in [4.78, 5) is 24.0. The van der Waals surface area contributed by atoms with E-state index in [9.17, 15) is 0 Å². The van der Waals surface area contributed by atoms with Gasteiger partial charge in [0.1, 0.15) is 11.2 Å². The summed E-state index contributed by atoms with van der Waals surface area (Å²) in [6, 6.07) is 5.81. The molecule has 154 valence electrons. The smallest absolute Gasteiger partial charge is 0.159 e. The zero-order chi connectivity index (χ0) is 20.8. The summed E-state index contributed by atoms with van der Waals surface area (Å²) in [5.74, 6) is 1.64. The molecule has 0 radical (unpaired) electrons. The van der Waals surface area contributed by atoms with E-state index in [1.54, 1.807) is 18.6 Å². The SMILES string of the molecule is Nc1cncc(-c2cc3c(-c4nc5c(N6CCCCC6)nccc5[nH]4)n[nH]c3cn2)c1. The van der Waals surface area contributed by atoms with E-state index >= 15 is 0 Å². The monoisotopic (exact) mass is 411 g/mol. The van der Waals surface area contributed by atoms with Gasteiger partial charge in [0.05, 0.1) is 28.6 Å². The molecule has 1 aliphatic rings. The second-order valence-electron chi connectivity index (χ2n) is 7.86. The average Bonchev–Trinajstić information content (AvgIpc) is 3.43. The molecule has 0 aromatic carbocycles. The maximum atomic E-state index is 5.89. The summed E-state index contributed by atoms with van der Waals surface area (Å²) in [6.07, 6.45) is 10.6. The molecule has 6 rings (SSSR count). The molecule has 31 heavy (non-hydrogen) atoms. The third kappa shape index (κ3) is 3.05. The molecule has 6 heterocycles. The highest BCUT2D eigenvalue weighted by Crippen LogP contribution is 2.31. The number of piperidine rings is 1. The van der Waals surface area contributed by atoms with Gasteiger partial charge in [0.2, 0.25) is 0 Å². The van der Waals surface area contributed by atoms with Gasteiger partial charge in [-0.1, -0.05) is 0 Å². The zero-order valence-electron chi connectivity index (χ0n) is 16.8. The van der Waals surface area contributed by atoms with E-state index in [1.807, 2.05) is 24.4 Å². The largest absolute Gasteiger partial charge is 0.397 e. The fraction of sp³-hybridized carbons (Fsp3) is 0.227. The number of nitrogens with one attached hydrogen (secondary N) is 2. The van der Waals surface area contributed by atoms with Crippen molar-refractivity contribution < 1.29 is 0 Å². The lowest BCUT2D eigenvalue weighted by Crippen LogP contribution is -2.30. The maximum absolute atomic E-state index is 5.89. The third-order valence-electron chi connectivity index (χ3n) is 5.76. The number of aromatic amines is 2. The highest BCUT2D eigenvalue weighted by atomic mass is 15.2. The number of nitrogen functional groups attached to an aromatic ring is 1. The van der Waals surface area contributed by atoms with Crippen LogP contribution in [0.25, 0.3) is 44.7 Å². The number of anilines is 2. The highest BCUT2D eigenvalue weighted by molar-refractivity contribution is 5.96. The standard InChI is InChI=1S/C22H21N9/c23-14-8-13(10-24-11-14)17-9-15-18(12-26-17)29-30-19(15)21-27-16-4-5-25-22(20(16)28-21)31-6-2-1-3-7-31/h4-5,8-12H,1-3,6-7,23H2,(H,27,28)(H,29,30). The fourth-order valence-electron chi connectivity index (χ4n) is 4.22. The topological polar surface area (TPSA) is 125 Å². The van der Waals surface area contributed by atoms with E-state index < -0.39 is 0 Å². The molecule has 0 aliphatic carbocycles. The zero-order valence-corrected chi connectivity index (χ0v) is 16.8. The lowest BCUT2D eigenvalue weighted by Gasteiger charge is -2.27. The lowest BCUT2D eigenvalue weighted by atomic mass is 10.1. The molecule has 0 atom stereocenters. The molecule has 9 nitrogen and oxygen atoms in total. The first-order valence-corrected chi connectivity index (χ1v) is 10.4. The molecule has 5 aromatic rings. The van der Waals surface area contributed by atoms with E-state index in [4.69, 9.17) is 10.7 Å². The van der Waals surface area contributed by atoms with Gasteiger partial charge >= 0.3 is 0 Å². The molecule has 0 bridgehead atoms. The number of imidazole rings is 1. The first-order valence-electron chi connectivity index (χ1n) is 10.4. The van der Waals surface area contributed by atoms with Crippen LogP contribution < -0.4 is 10.6 Å². The molecule has 1 aliphatic heterocycles. The van der Waals surface area contributed by atoms with Crippen molar-refractivity contribution in [3.63, 3.8) is 0 Å². The van der Waals surface area contributed by atoms with E-state index in [1.165, 1.54) is 19.3 Å². The molecule has 5 aromatic heterocycles. The Bertz CT molecular complexity index is 1390. The van der Waals surface area contributed by atoms with Crippen LogP contribution in [0.4, 0.5) is 11.5 Å². The predicted molar refractivity (Wildman–Crippen MR) is 120 cm³/mol. The Kier molecular flexibility index (Phi) is 4.05. The van der Waals surface area contributed by atoms with Crippen LogP contribution in [0.3, 0.4) is 0 Å². The molecular formula is C22H21N9. The van der Waals surface area contributed by atoms with Gasteiger partial charge in [-0.25, -0.2) is 9.97 Å². The van der Waals surface area contributed by atoms with Crippen LogP contribution in [0.15, 0.2) is 43.0 Å². The number of rotatable bonds is 3. The predicted octanol–water partition coefficient (Wildman–Crippen LogP) is 3.53. The lowest BCUT2D eigenvalue weighted by molar-refractivity contribution is 0.574. The van der Waals surface area contributed by atoms with E-state index in [0.717, 1.165) is 57.8 Å². The summed E-state index contributed by atoms with van der Waals surface area (Å²) >= 11 is 0. The van der Waals surface area contributed by atoms with Crippen LogP contribution in [-0.4, -0.2) is 48.2 Å². The van der Waals surface area contributed by atoms with Crippen molar-refractivity contribution in [2.45, 2.75) is 19.3 Å². The number of fused-ring (bicyclic) bond motifs is 2. The van der Waals surface area contributed by atoms with E-state index in [-0.39, 0.29) is 0 Å². The van der Waals surface area contributed by atoms with Crippen molar-refractivity contribution in [2.24, 2.45) is 0 Å². The summed E-state index contributed by atoms with van der Waals surface area (Å²) < 4.78 is 0. The van der Waals surface area contributed by atoms with Crippen molar-refractivity contribution in [2.75, 3.05) is 23.7 Å².